The van der Waals surface area contributed by atoms with Gasteiger partial charge in [0.15, 0.2) is 0 Å². The van der Waals surface area contributed by atoms with Crippen LogP contribution in [0.4, 0.5) is 10.5 Å². The van der Waals surface area contributed by atoms with Gasteiger partial charge >= 0.3 is 11.7 Å². The lowest BCUT2D eigenvalue weighted by molar-refractivity contribution is 0.219. The number of nitrogen functional groups attached to an aromatic ring is 1. The average Bonchev–Trinajstić information content (AvgIpc) is 2.52. The molecule has 0 aliphatic heterocycles. The summed E-state index contributed by atoms with van der Waals surface area (Å²) in [6.45, 7) is 0. The second-order valence-corrected chi connectivity index (χ2v) is 3.72. The number of fused-ring (bicyclic) bond motifs is 1. The molecule has 2 rings (SSSR count). The van der Waals surface area contributed by atoms with Gasteiger partial charge in [0.05, 0.1) is 11.0 Å². The minimum Gasteiger partial charge on any atom is -0.399 e. The molecule has 0 atom stereocenters. The van der Waals surface area contributed by atoms with Crippen LogP contribution in [0, 0.1) is 0 Å². The van der Waals surface area contributed by atoms with Crippen molar-refractivity contribution in [3.05, 3.63) is 28.7 Å². The van der Waals surface area contributed by atoms with Crippen LogP contribution >= 0.6 is 0 Å². The molecular weight excluding hydrogens is 208 g/mol. The third-order valence-corrected chi connectivity index (χ3v) is 2.28. The summed E-state index contributed by atoms with van der Waals surface area (Å²) in [4.78, 5) is 27.3. The quantitative estimate of drug-likeness (QED) is 0.632. The van der Waals surface area contributed by atoms with Crippen LogP contribution in [0.1, 0.15) is 0 Å². The lowest BCUT2D eigenvalue weighted by atomic mass is 10.3. The predicted octanol–water partition coefficient (Wildman–Crippen LogP) is 0.441. The number of aromatic amines is 1. The molecule has 1 aromatic carbocycles. The molecule has 0 unspecified atom stereocenters. The van der Waals surface area contributed by atoms with Crippen molar-refractivity contribution in [1.29, 1.82) is 0 Å². The van der Waals surface area contributed by atoms with Gasteiger partial charge in [-0.05, 0) is 18.2 Å². The molecule has 1 heterocycles. The van der Waals surface area contributed by atoms with Crippen molar-refractivity contribution >= 4 is 22.8 Å². The molecule has 0 saturated heterocycles. The van der Waals surface area contributed by atoms with Crippen molar-refractivity contribution in [2.24, 2.45) is 0 Å². The third-order valence-electron chi connectivity index (χ3n) is 2.28. The number of hydrogen-bond acceptors (Lipinski definition) is 3. The van der Waals surface area contributed by atoms with Crippen LogP contribution in [0.25, 0.3) is 11.0 Å². The number of benzene rings is 1. The van der Waals surface area contributed by atoms with Gasteiger partial charge in [-0.3, -0.25) is 0 Å². The summed E-state index contributed by atoms with van der Waals surface area (Å²) in [7, 11) is 3.17. The van der Waals surface area contributed by atoms with Crippen LogP contribution in [-0.4, -0.2) is 34.6 Å². The van der Waals surface area contributed by atoms with Gasteiger partial charge in [-0.2, -0.15) is 0 Å². The maximum absolute atomic E-state index is 11.8. The molecule has 6 nitrogen and oxygen atoms in total. The number of carbonyl (C=O) groups excluding carboxylic acids is 1. The maximum atomic E-state index is 11.8. The van der Waals surface area contributed by atoms with Gasteiger partial charge in [-0.25, -0.2) is 14.2 Å². The van der Waals surface area contributed by atoms with Gasteiger partial charge in [0.25, 0.3) is 0 Å². The number of nitrogens with two attached hydrogens (primary N) is 1. The van der Waals surface area contributed by atoms with E-state index < -0.39 is 11.7 Å². The zero-order valence-electron chi connectivity index (χ0n) is 9.02. The first-order chi connectivity index (χ1) is 7.50. The molecule has 3 N–H and O–H groups in total. The zero-order chi connectivity index (χ0) is 11.9. The van der Waals surface area contributed by atoms with E-state index in [0.717, 1.165) is 4.57 Å². The first-order valence-electron chi connectivity index (χ1n) is 4.72. The molecule has 0 bridgehead atoms. The van der Waals surface area contributed by atoms with Gasteiger partial charge in [-0.1, -0.05) is 0 Å². The van der Waals surface area contributed by atoms with Crippen molar-refractivity contribution in [3.63, 3.8) is 0 Å². The molecule has 0 aliphatic carbocycles. The largest absolute Gasteiger partial charge is 0.399 e. The molecule has 0 spiro atoms. The minimum absolute atomic E-state index is 0.401. The fourth-order valence-electron chi connectivity index (χ4n) is 1.51. The highest BCUT2D eigenvalue weighted by atomic mass is 16.2. The van der Waals surface area contributed by atoms with Gasteiger partial charge < -0.3 is 15.6 Å². The van der Waals surface area contributed by atoms with Crippen molar-refractivity contribution in [2.75, 3.05) is 19.8 Å². The van der Waals surface area contributed by atoms with Crippen LogP contribution in [0.2, 0.25) is 0 Å². The lowest BCUT2D eigenvalue weighted by Crippen LogP contribution is -2.33. The molecule has 1 aromatic heterocycles. The molecule has 0 aliphatic rings. The number of imidazole rings is 1. The van der Waals surface area contributed by atoms with Gasteiger partial charge in [0, 0.05) is 19.8 Å². The van der Waals surface area contributed by atoms with Gasteiger partial charge in [0.2, 0.25) is 0 Å². The smallest absolute Gasteiger partial charge is 0.334 e. The second kappa shape index (κ2) is 3.41. The Morgan fingerprint density at radius 3 is 2.75 bits per heavy atom. The van der Waals surface area contributed by atoms with Crippen molar-refractivity contribution in [2.45, 2.75) is 0 Å². The fraction of sp³-hybridized carbons (Fsp3) is 0.200. The Morgan fingerprint density at radius 1 is 1.44 bits per heavy atom. The molecule has 0 radical (unpaired) electrons. The molecular formula is C10H12N4O2. The number of hydrogen-bond donors (Lipinski definition) is 2. The molecule has 84 valence electrons. The van der Waals surface area contributed by atoms with E-state index in [2.05, 4.69) is 4.98 Å². The summed E-state index contributed by atoms with van der Waals surface area (Å²) in [6, 6.07) is 4.53. The fourth-order valence-corrected chi connectivity index (χ4v) is 1.51. The number of aromatic nitrogens is 2. The van der Waals surface area contributed by atoms with Crippen LogP contribution in [0.3, 0.4) is 0 Å². The third kappa shape index (κ3) is 1.44. The minimum atomic E-state index is -0.459. The van der Waals surface area contributed by atoms with E-state index in [1.165, 1.54) is 4.90 Å². The van der Waals surface area contributed by atoms with Crippen LogP contribution in [0.5, 0.6) is 0 Å². The average molecular weight is 220 g/mol. The lowest BCUT2D eigenvalue weighted by Gasteiger charge is -2.10. The highest BCUT2D eigenvalue weighted by Crippen LogP contribution is 2.14. The Labute approximate surface area is 91.3 Å². The van der Waals surface area contributed by atoms with Gasteiger partial charge in [-0.15, -0.1) is 0 Å². The first-order valence-corrected chi connectivity index (χ1v) is 4.72. The van der Waals surface area contributed by atoms with E-state index in [0.29, 0.717) is 16.7 Å². The number of carbonyl (C=O) groups is 1. The van der Waals surface area contributed by atoms with Gasteiger partial charge in [0.1, 0.15) is 0 Å². The number of nitrogens with zero attached hydrogens (tertiary/aromatic N) is 2. The van der Waals surface area contributed by atoms with E-state index in [9.17, 15) is 9.59 Å². The Morgan fingerprint density at radius 2 is 2.12 bits per heavy atom. The van der Waals surface area contributed by atoms with E-state index in [4.69, 9.17) is 5.73 Å². The molecule has 6 heteroatoms. The summed E-state index contributed by atoms with van der Waals surface area (Å²) >= 11 is 0. The monoisotopic (exact) mass is 220 g/mol. The standard InChI is InChI=1S/C10H12N4O2/c1-13(2)10(16)14-8-5-6(11)3-4-7(8)12-9(14)15/h3-5H,11H2,1-2H3,(H,12,15). The van der Waals surface area contributed by atoms with Crippen LogP contribution < -0.4 is 11.4 Å². The predicted molar refractivity (Wildman–Crippen MR) is 61.5 cm³/mol. The van der Waals surface area contributed by atoms with Crippen molar-refractivity contribution in [3.8, 4) is 0 Å². The molecule has 0 saturated carbocycles. The van der Waals surface area contributed by atoms with E-state index in [1.54, 1.807) is 32.3 Å². The Bertz CT molecular complexity index is 609. The summed E-state index contributed by atoms with van der Waals surface area (Å²) in [5, 5.41) is 0. The number of H-pyrrole nitrogens is 1. The van der Waals surface area contributed by atoms with Crippen LogP contribution in [-0.2, 0) is 0 Å². The maximum Gasteiger partial charge on any atom is 0.334 e. The first kappa shape index (κ1) is 10.3. The van der Waals surface area contributed by atoms with E-state index >= 15 is 0 Å². The highest BCUT2D eigenvalue weighted by Gasteiger charge is 2.15. The normalized spacial score (nSPS) is 10.6. The Kier molecular flexibility index (Phi) is 2.19. The molecule has 1 amide bonds. The molecule has 16 heavy (non-hydrogen) atoms. The van der Waals surface area contributed by atoms with Crippen molar-refractivity contribution in [1.82, 2.24) is 14.5 Å². The number of rotatable bonds is 0. The Balaban J connectivity index is 2.77. The molecule has 0 fully saturated rings. The number of nitrogens with one attached hydrogen (secondary N) is 1. The Hall–Kier alpha value is -2.24. The topological polar surface area (TPSA) is 84.1 Å². The SMILES string of the molecule is CN(C)C(=O)n1c(=O)[nH]c2ccc(N)cc21. The summed E-state index contributed by atoms with van der Waals surface area (Å²) in [5.74, 6) is 0. The summed E-state index contributed by atoms with van der Waals surface area (Å²) in [6.07, 6.45) is 0. The summed E-state index contributed by atoms with van der Waals surface area (Å²) < 4.78 is 1.06. The molecule has 2 aromatic rings. The van der Waals surface area contributed by atoms with E-state index in [1.807, 2.05) is 0 Å². The van der Waals surface area contributed by atoms with Crippen LogP contribution in [0.15, 0.2) is 23.0 Å². The summed E-state index contributed by atoms with van der Waals surface area (Å²) in [5.41, 5.74) is 6.75. The number of amides is 1. The zero-order valence-corrected chi connectivity index (χ0v) is 9.02. The number of anilines is 1. The van der Waals surface area contributed by atoms with Crippen molar-refractivity contribution < 1.29 is 4.79 Å². The second-order valence-electron chi connectivity index (χ2n) is 3.72. The van der Waals surface area contributed by atoms with E-state index in [-0.39, 0.29) is 0 Å². The highest BCUT2D eigenvalue weighted by molar-refractivity contribution is 5.90.